The van der Waals surface area contributed by atoms with Crippen molar-refractivity contribution in [1.82, 2.24) is 25.1 Å². The normalized spacial score (nSPS) is 11.9. The number of carbonyl (C=O) groups excluding carboxylic acids is 1. The van der Waals surface area contributed by atoms with Gasteiger partial charge in [-0.25, -0.2) is 4.68 Å². The molecule has 1 unspecified atom stereocenters. The van der Waals surface area contributed by atoms with Gasteiger partial charge in [0, 0.05) is 19.5 Å². The molecule has 0 aliphatic heterocycles. The van der Waals surface area contributed by atoms with Gasteiger partial charge in [-0.15, -0.1) is 5.10 Å². The van der Waals surface area contributed by atoms with Gasteiger partial charge in [-0.3, -0.25) is 4.79 Å². The summed E-state index contributed by atoms with van der Waals surface area (Å²) >= 11 is 0. The van der Waals surface area contributed by atoms with E-state index in [-0.39, 0.29) is 5.91 Å². The van der Waals surface area contributed by atoms with Crippen LogP contribution in [-0.2, 0) is 11.2 Å². The summed E-state index contributed by atoms with van der Waals surface area (Å²) in [4.78, 5) is 14.7. The number of carbonyl (C=O) groups is 1. The Balaban J connectivity index is 2.24. The molecule has 0 fully saturated rings. The highest BCUT2D eigenvalue weighted by atomic mass is 16.2. The maximum absolute atomic E-state index is 12.9. The van der Waals surface area contributed by atoms with E-state index in [1.165, 1.54) is 11.0 Å². The van der Waals surface area contributed by atoms with E-state index in [4.69, 9.17) is 0 Å². The molecular weight excluding hydrogens is 278 g/mol. The van der Waals surface area contributed by atoms with Crippen LogP contribution in [0.2, 0.25) is 0 Å². The van der Waals surface area contributed by atoms with Gasteiger partial charge >= 0.3 is 0 Å². The van der Waals surface area contributed by atoms with Gasteiger partial charge in [0.05, 0.1) is 0 Å². The van der Waals surface area contributed by atoms with Gasteiger partial charge in [0.25, 0.3) is 0 Å². The van der Waals surface area contributed by atoms with E-state index < -0.39 is 6.04 Å². The molecule has 1 aromatic carbocycles. The Kier molecular flexibility index (Phi) is 5.41. The van der Waals surface area contributed by atoms with Crippen molar-refractivity contribution in [3.05, 3.63) is 54.4 Å². The fourth-order valence-corrected chi connectivity index (χ4v) is 2.32. The second-order valence-corrected chi connectivity index (χ2v) is 5.30. The maximum atomic E-state index is 12.9. The molecule has 1 aromatic heterocycles. The molecule has 0 saturated carbocycles. The quantitative estimate of drug-likeness (QED) is 0.732. The number of likely N-dealkylation sites (N-methyl/N-ethyl adjacent to an activating group) is 1. The van der Waals surface area contributed by atoms with Crippen LogP contribution in [0.4, 0.5) is 0 Å². The molecule has 22 heavy (non-hydrogen) atoms. The largest absolute Gasteiger partial charge is 0.337 e. The lowest BCUT2D eigenvalue weighted by atomic mass is 10.0. The highest BCUT2D eigenvalue weighted by Crippen LogP contribution is 2.16. The van der Waals surface area contributed by atoms with E-state index in [0.29, 0.717) is 19.5 Å². The molecule has 1 heterocycles. The highest BCUT2D eigenvalue weighted by Gasteiger charge is 2.26. The number of aromatic nitrogens is 4. The summed E-state index contributed by atoms with van der Waals surface area (Å²) in [5, 5.41) is 11.2. The van der Waals surface area contributed by atoms with Gasteiger partial charge in [0.15, 0.2) is 0 Å². The average Bonchev–Trinajstić information content (AvgIpc) is 3.04. The Labute approximate surface area is 130 Å². The van der Waals surface area contributed by atoms with Crippen molar-refractivity contribution < 1.29 is 4.79 Å². The van der Waals surface area contributed by atoms with Crippen LogP contribution in [0.3, 0.4) is 0 Å². The zero-order valence-corrected chi connectivity index (χ0v) is 13.0. The smallest absolute Gasteiger partial charge is 0.248 e. The van der Waals surface area contributed by atoms with Crippen LogP contribution in [0.15, 0.2) is 48.8 Å². The fourth-order valence-electron chi connectivity index (χ4n) is 2.32. The van der Waals surface area contributed by atoms with Gasteiger partial charge < -0.3 is 4.90 Å². The van der Waals surface area contributed by atoms with Gasteiger partial charge in [-0.1, -0.05) is 42.5 Å². The van der Waals surface area contributed by atoms with E-state index in [1.54, 1.807) is 4.90 Å². The predicted molar refractivity (Wildman–Crippen MR) is 84.1 cm³/mol. The molecule has 0 spiro atoms. The number of benzene rings is 1. The van der Waals surface area contributed by atoms with Crippen LogP contribution in [0.1, 0.15) is 25.5 Å². The minimum atomic E-state index is -0.448. The van der Waals surface area contributed by atoms with Crippen molar-refractivity contribution >= 4 is 5.91 Å². The Morgan fingerprint density at radius 3 is 2.64 bits per heavy atom. The fraction of sp³-hybridized carbons (Fsp3) is 0.375. The minimum Gasteiger partial charge on any atom is -0.337 e. The first-order chi connectivity index (χ1) is 10.6. The average molecular weight is 299 g/mol. The first-order valence-electron chi connectivity index (χ1n) is 7.31. The molecule has 2 aromatic rings. The second kappa shape index (κ2) is 7.49. The van der Waals surface area contributed by atoms with Crippen LogP contribution < -0.4 is 0 Å². The minimum absolute atomic E-state index is 0.00153. The zero-order chi connectivity index (χ0) is 15.9. The number of rotatable bonds is 7. The van der Waals surface area contributed by atoms with Crippen molar-refractivity contribution in [1.29, 1.82) is 0 Å². The number of nitrogens with zero attached hydrogens (tertiary/aromatic N) is 5. The topological polar surface area (TPSA) is 63.9 Å². The van der Waals surface area contributed by atoms with E-state index in [1.807, 2.05) is 44.2 Å². The Hall–Kier alpha value is -2.50. The van der Waals surface area contributed by atoms with Gasteiger partial charge in [0.2, 0.25) is 5.91 Å². The summed E-state index contributed by atoms with van der Waals surface area (Å²) in [5.74, 6) is 0.00153. The Bertz CT molecular complexity index is 609. The van der Waals surface area contributed by atoms with Crippen molar-refractivity contribution in [2.75, 3.05) is 13.1 Å². The summed E-state index contributed by atoms with van der Waals surface area (Å²) in [7, 11) is 0. The number of amides is 1. The van der Waals surface area contributed by atoms with Gasteiger partial charge in [-0.05, 0) is 29.8 Å². The third kappa shape index (κ3) is 4.00. The number of hydrogen-bond acceptors (Lipinski definition) is 4. The first kappa shape index (κ1) is 15.9. The summed E-state index contributed by atoms with van der Waals surface area (Å²) in [6.07, 6.45) is 2.04. The van der Waals surface area contributed by atoms with Crippen molar-refractivity contribution in [3.63, 3.8) is 0 Å². The lowest BCUT2D eigenvalue weighted by Crippen LogP contribution is -2.39. The molecule has 6 nitrogen and oxygen atoms in total. The maximum Gasteiger partial charge on any atom is 0.248 e. The summed E-state index contributed by atoms with van der Waals surface area (Å²) in [6.45, 7) is 8.93. The van der Waals surface area contributed by atoms with Crippen molar-refractivity contribution in [2.24, 2.45) is 0 Å². The molecule has 0 bridgehead atoms. The molecule has 0 saturated heterocycles. The molecule has 0 N–H and O–H groups in total. The third-order valence-corrected chi connectivity index (χ3v) is 3.40. The highest BCUT2D eigenvalue weighted by molar-refractivity contribution is 5.80. The molecular formula is C16H21N5O. The van der Waals surface area contributed by atoms with Crippen LogP contribution in [0.5, 0.6) is 0 Å². The van der Waals surface area contributed by atoms with E-state index in [9.17, 15) is 4.79 Å². The molecule has 0 radical (unpaired) electrons. The van der Waals surface area contributed by atoms with E-state index in [2.05, 4.69) is 22.1 Å². The molecule has 0 aliphatic carbocycles. The molecule has 1 amide bonds. The SMILES string of the molecule is C=C(C)CN(CC)C(=O)C(Cc1ccccc1)n1cnnn1. The Morgan fingerprint density at radius 1 is 1.36 bits per heavy atom. The van der Waals surface area contributed by atoms with Crippen LogP contribution >= 0.6 is 0 Å². The van der Waals surface area contributed by atoms with E-state index in [0.717, 1.165) is 11.1 Å². The van der Waals surface area contributed by atoms with Crippen LogP contribution in [0.25, 0.3) is 0 Å². The lowest BCUT2D eigenvalue weighted by Gasteiger charge is -2.26. The van der Waals surface area contributed by atoms with Gasteiger partial charge in [0.1, 0.15) is 12.4 Å². The second-order valence-electron chi connectivity index (χ2n) is 5.30. The molecule has 6 heteroatoms. The standard InChI is InChI=1S/C16H21N5O/c1-4-20(11-13(2)3)16(22)15(21-12-17-18-19-21)10-14-8-6-5-7-9-14/h5-9,12,15H,2,4,10-11H2,1,3H3. The Morgan fingerprint density at radius 2 is 2.09 bits per heavy atom. The molecule has 0 aliphatic rings. The zero-order valence-electron chi connectivity index (χ0n) is 13.0. The van der Waals surface area contributed by atoms with Gasteiger partial charge in [-0.2, -0.15) is 0 Å². The van der Waals surface area contributed by atoms with Crippen molar-refractivity contribution in [2.45, 2.75) is 26.3 Å². The molecule has 2 rings (SSSR count). The van der Waals surface area contributed by atoms with Crippen LogP contribution in [-0.4, -0.2) is 44.1 Å². The van der Waals surface area contributed by atoms with Crippen LogP contribution in [0, 0.1) is 0 Å². The summed E-state index contributed by atoms with van der Waals surface area (Å²) in [6, 6.07) is 9.43. The number of tetrazole rings is 1. The monoisotopic (exact) mass is 299 g/mol. The number of hydrogen-bond donors (Lipinski definition) is 0. The predicted octanol–water partition coefficient (Wildman–Crippen LogP) is 1.88. The summed E-state index contributed by atoms with van der Waals surface area (Å²) in [5.41, 5.74) is 2.02. The van der Waals surface area contributed by atoms with Crippen molar-refractivity contribution in [3.8, 4) is 0 Å². The molecule has 1 atom stereocenters. The first-order valence-corrected chi connectivity index (χ1v) is 7.31. The molecule has 116 valence electrons. The van der Waals surface area contributed by atoms with E-state index >= 15 is 0 Å². The lowest BCUT2D eigenvalue weighted by molar-refractivity contribution is -0.134. The third-order valence-electron chi connectivity index (χ3n) is 3.40. The summed E-state index contributed by atoms with van der Waals surface area (Å²) < 4.78 is 1.52.